The number of nitro groups is 2. The van der Waals surface area contributed by atoms with Gasteiger partial charge in [-0.2, -0.15) is 8.78 Å². The van der Waals surface area contributed by atoms with E-state index in [4.69, 9.17) is 0 Å². The number of nitrogens with zero attached hydrogens (tertiary/aromatic N) is 2. The van der Waals surface area contributed by atoms with Gasteiger partial charge in [-0.3, -0.25) is 29.8 Å². The van der Waals surface area contributed by atoms with Gasteiger partial charge in [0.25, 0.3) is 0 Å². The second-order valence-electron chi connectivity index (χ2n) is 5.44. The van der Waals surface area contributed by atoms with E-state index in [1.165, 1.54) is 0 Å². The summed E-state index contributed by atoms with van der Waals surface area (Å²) in [6, 6.07) is 5.57. The average Bonchev–Trinajstić information content (AvgIpc) is 2.62. The van der Waals surface area contributed by atoms with Gasteiger partial charge in [-0.1, -0.05) is 0 Å². The molecule has 0 radical (unpaired) electrons. The third kappa shape index (κ3) is 5.27. The number of hydrogen-bond donors (Lipinski definition) is 2. The van der Waals surface area contributed by atoms with E-state index in [0.717, 1.165) is 36.4 Å². The Morgan fingerprint density at radius 2 is 1.14 bits per heavy atom. The second-order valence-corrected chi connectivity index (χ2v) is 5.44. The number of nitro benzene ring substituents is 2. The molecule has 28 heavy (non-hydrogen) atoms. The molecule has 2 amide bonds. The zero-order valence-corrected chi connectivity index (χ0v) is 14.0. The summed E-state index contributed by atoms with van der Waals surface area (Å²) in [5.74, 6) is -3.45. The van der Waals surface area contributed by atoms with Crippen LogP contribution in [0.1, 0.15) is 12.8 Å². The SMILES string of the molecule is O=C(CCC(=O)Nc1ccc(F)c([N+](=O)[O-])c1)Nc1ccc(F)c([N+](=O)[O-])c1. The first kappa shape index (κ1) is 20.4. The highest BCUT2D eigenvalue weighted by molar-refractivity contribution is 5.97. The van der Waals surface area contributed by atoms with Gasteiger partial charge >= 0.3 is 11.4 Å². The van der Waals surface area contributed by atoms with Crippen LogP contribution in [0.4, 0.5) is 31.5 Å². The Kier molecular flexibility index (Phi) is 6.26. The number of rotatable bonds is 7. The van der Waals surface area contributed by atoms with Crippen molar-refractivity contribution in [3.63, 3.8) is 0 Å². The van der Waals surface area contributed by atoms with Crippen LogP contribution in [0, 0.1) is 31.9 Å². The molecule has 0 heterocycles. The molecule has 0 unspecified atom stereocenters. The molecule has 146 valence electrons. The lowest BCUT2D eigenvalue weighted by atomic mass is 10.2. The molecule has 0 fully saturated rings. The molecular weight excluding hydrogens is 382 g/mol. The largest absolute Gasteiger partial charge is 0.326 e. The van der Waals surface area contributed by atoms with E-state index in [0.29, 0.717) is 0 Å². The minimum absolute atomic E-state index is 0.0207. The molecular formula is C16H12F2N4O6. The Balaban J connectivity index is 1.92. The van der Waals surface area contributed by atoms with Crippen molar-refractivity contribution < 1.29 is 28.2 Å². The van der Waals surface area contributed by atoms with Crippen LogP contribution in [0.2, 0.25) is 0 Å². The number of halogens is 2. The molecule has 2 aromatic rings. The zero-order valence-electron chi connectivity index (χ0n) is 14.0. The number of carbonyl (C=O) groups is 2. The van der Waals surface area contributed by atoms with E-state index in [1.807, 2.05) is 0 Å². The Morgan fingerprint density at radius 1 is 0.786 bits per heavy atom. The lowest BCUT2D eigenvalue weighted by Gasteiger charge is -2.07. The highest BCUT2D eigenvalue weighted by Gasteiger charge is 2.17. The molecule has 2 rings (SSSR count). The van der Waals surface area contributed by atoms with Crippen molar-refractivity contribution in [3.05, 3.63) is 68.3 Å². The maximum atomic E-state index is 13.2. The molecule has 0 aromatic heterocycles. The molecule has 10 nitrogen and oxygen atoms in total. The first-order valence-corrected chi connectivity index (χ1v) is 7.65. The molecule has 2 aromatic carbocycles. The van der Waals surface area contributed by atoms with Crippen LogP contribution in [-0.4, -0.2) is 21.7 Å². The van der Waals surface area contributed by atoms with Gasteiger partial charge < -0.3 is 10.6 Å². The summed E-state index contributed by atoms with van der Waals surface area (Å²) < 4.78 is 26.5. The number of hydrogen-bond acceptors (Lipinski definition) is 6. The first-order chi connectivity index (χ1) is 13.2. The number of amides is 2. The van der Waals surface area contributed by atoms with Crippen LogP contribution in [0.15, 0.2) is 36.4 Å². The Labute approximate surface area is 155 Å². The first-order valence-electron chi connectivity index (χ1n) is 7.65. The van der Waals surface area contributed by atoms with Crippen LogP contribution in [0.5, 0.6) is 0 Å². The average molecular weight is 394 g/mol. The number of anilines is 2. The predicted octanol–water partition coefficient (Wildman–Crippen LogP) is 3.14. The summed E-state index contributed by atoms with van der Waals surface area (Å²) >= 11 is 0. The smallest absolute Gasteiger partial charge is 0.306 e. The van der Waals surface area contributed by atoms with E-state index in [-0.39, 0.29) is 24.2 Å². The summed E-state index contributed by atoms with van der Waals surface area (Å²) in [4.78, 5) is 43.1. The molecule has 0 spiro atoms. The van der Waals surface area contributed by atoms with Crippen LogP contribution in [0.3, 0.4) is 0 Å². The van der Waals surface area contributed by atoms with Crippen molar-refractivity contribution in [2.75, 3.05) is 10.6 Å². The maximum Gasteiger partial charge on any atom is 0.306 e. The van der Waals surface area contributed by atoms with E-state index in [9.17, 15) is 38.6 Å². The normalized spacial score (nSPS) is 10.2. The fraction of sp³-hybridized carbons (Fsp3) is 0.125. The highest BCUT2D eigenvalue weighted by Crippen LogP contribution is 2.23. The molecule has 0 bridgehead atoms. The van der Waals surface area contributed by atoms with Crippen LogP contribution in [-0.2, 0) is 9.59 Å². The monoisotopic (exact) mass is 394 g/mol. The van der Waals surface area contributed by atoms with E-state index in [1.54, 1.807) is 0 Å². The fourth-order valence-corrected chi connectivity index (χ4v) is 2.13. The van der Waals surface area contributed by atoms with E-state index < -0.39 is 44.7 Å². The Morgan fingerprint density at radius 3 is 1.46 bits per heavy atom. The van der Waals surface area contributed by atoms with E-state index in [2.05, 4.69) is 10.6 Å². The lowest BCUT2D eigenvalue weighted by molar-refractivity contribution is -0.387. The van der Waals surface area contributed by atoms with Gasteiger partial charge in [-0.15, -0.1) is 0 Å². The lowest BCUT2D eigenvalue weighted by Crippen LogP contribution is -2.17. The summed E-state index contributed by atoms with van der Waals surface area (Å²) in [5.41, 5.74) is -1.66. The van der Waals surface area contributed by atoms with Gasteiger partial charge in [-0.25, -0.2) is 0 Å². The molecule has 12 heteroatoms. The molecule has 0 atom stereocenters. The van der Waals surface area contributed by atoms with Crippen molar-refractivity contribution in [1.82, 2.24) is 0 Å². The van der Waals surface area contributed by atoms with Gasteiger partial charge in [0, 0.05) is 36.3 Å². The standard InChI is InChI=1S/C16H12F2N4O6/c17-11-3-1-9(7-13(11)21(25)26)19-15(23)5-6-16(24)20-10-2-4-12(18)14(8-10)22(27)28/h1-4,7-8H,5-6H2,(H,19,23)(H,20,24). The molecule has 0 aliphatic heterocycles. The quantitative estimate of drug-likeness (QED) is 0.545. The molecule has 0 aliphatic carbocycles. The number of benzene rings is 2. The predicted molar refractivity (Wildman–Crippen MR) is 92.6 cm³/mol. The van der Waals surface area contributed by atoms with Crippen molar-refractivity contribution in [1.29, 1.82) is 0 Å². The molecule has 0 aliphatic rings. The summed E-state index contributed by atoms with van der Waals surface area (Å²) in [6.45, 7) is 0. The molecule has 0 saturated carbocycles. The number of carbonyl (C=O) groups excluding carboxylic acids is 2. The third-order valence-electron chi connectivity index (χ3n) is 3.43. The Hall–Kier alpha value is -3.96. The maximum absolute atomic E-state index is 13.2. The van der Waals surface area contributed by atoms with Crippen molar-refractivity contribution in [2.24, 2.45) is 0 Å². The van der Waals surface area contributed by atoms with Crippen LogP contribution >= 0.6 is 0 Å². The van der Waals surface area contributed by atoms with Gasteiger partial charge in [0.2, 0.25) is 23.4 Å². The minimum atomic E-state index is -1.06. The van der Waals surface area contributed by atoms with Crippen LogP contribution < -0.4 is 10.6 Å². The van der Waals surface area contributed by atoms with Crippen molar-refractivity contribution in [2.45, 2.75) is 12.8 Å². The van der Waals surface area contributed by atoms with Crippen molar-refractivity contribution >= 4 is 34.6 Å². The zero-order chi connectivity index (χ0) is 20.8. The second kappa shape index (κ2) is 8.62. The van der Waals surface area contributed by atoms with E-state index >= 15 is 0 Å². The summed E-state index contributed by atoms with van der Waals surface area (Å²) in [6.07, 6.45) is -0.638. The fourth-order valence-electron chi connectivity index (χ4n) is 2.13. The third-order valence-corrected chi connectivity index (χ3v) is 3.43. The molecule has 0 saturated heterocycles. The molecule has 2 N–H and O–H groups in total. The summed E-state index contributed by atoms with van der Waals surface area (Å²) in [5, 5.41) is 25.9. The Bertz CT molecular complexity index is 889. The van der Waals surface area contributed by atoms with Gasteiger partial charge in [-0.05, 0) is 24.3 Å². The minimum Gasteiger partial charge on any atom is -0.326 e. The van der Waals surface area contributed by atoms with Gasteiger partial charge in [0.05, 0.1) is 9.85 Å². The number of nitrogens with one attached hydrogen (secondary N) is 2. The summed E-state index contributed by atoms with van der Waals surface area (Å²) in [7, 11) is 0. The van der Waals surface area contributed by atoms with Gasteiger partial charge in [0.15, 0.2) is 0 Å². The highest BCUT2D eigenvalue weighted by atomic mass is 19.1. The van der Waals surface area contributed by atoms with Gasteiger partial charge in [0.1, 0.15) is 0 Å². The van der Waals surface area contributed by atoms with Crippen LogP contribution in [0.25, 0.3) is 0 Å². The topological polar surface area (TPSA) is 144 Å². The van der Waals surface area contributed by atoms with Crippen molar-refractivity contribution in [3.8, 4) is 0 Å².